The Labute approximate surface area is 137 Å². The molecule has 0 spiro atoms. The number of aromatic nitrogens is 1. The van der Waals surface area contributed by atoms with Crippen LogP contribution in [0.5, 0.6) is 0 Å². The number of hydrogen-bond donors (Lipinski definition) is 2. The number of carbonyl (C=O) groups excluding carboxylic acids is 1. The third kappa shape index (κ3) is 3.88. The lowest BCUT2D eigenvalue weighted by Crippen LogP contribution is -2.36. The van der Waals surface area contributed by atoms with Gasteiger partial charge < -0.3 is 20.3 Å². The van der Waals surface area contributed by atoms with E-state index in [2.05, 4.69) is 27.4 Å². The highest BCUT2D eigenvalue weighted by atomic mass is 35.5. The third-order valence-corrected chi connectivity index (χ3v) is 4.20. The molecule has 1 aromatic rings. The minimum absolute atomic E-state index is 0. The maximum absolute atomic E-state index is 12.2. The zero-order chi connectivity index (χ0) is 14.7. The van der Waals surface area contributed by atoms with E-state index < -0.39 is 0 Å². The smallest absolute Gasteiger partial charge is 0.229 e. The van der Waals surface area contributed by atoms with Crippen molar-refractivity contribution in [3.8, 4) is 0 Å². The minimum Gasteiger partial charge on any atom is -0.378 e. The highest BCUT2D eigenvalue weighted by molar-refractivity contribution is 5.93. The quantitative estimate of drug-likeness (QED) is 0.872. The molecule has 0 bridgehead atoms. The zero-order valence-corrected chi connectivity index (χ0v) is 13.6. The van der Waals surface area contributed by atoms with Crippen LogP contribution in [0.1, 0.15) is 6.92 Å². The van der Waals surface area contributed by atoms with Crippen LogP contribution in [0.4, 0.5) is 11.5 Å². The van der Waals surface area contributed by atoms with Crippen LogP contribution in [0, 0.1) is 11.8 Å². The molecule has 6 nitrogen and oxygen atoms in total. The predicted molar refractivity (Wildman–Crippen MR) is 88.7 cm³/mol. The number of pyridine rings is 1. The number of ether oxygens (including phenoxy) is 1. The number of nitrogens with zero attached hydrogens (tertiary/aromatic N) is 2. The number of morpholine rings is 1. The van der Waals surface area contributed by atoms with Crippen molar-refractivity contribution in [3.05, 3.63) is 18.3 Å². The second kappa shape index (κ2) is 7.76. The first kappa shape index (κ1) is 17.0. The van der Waals surface area contributed by atoms with E-state index in [1.807, 2.05) is 12.1 Å². The van der Waals surface area contributed by atoms with Gasteiger partial charge in [0.15, 0.2) is 0 Å². The van der Waals surface area contributed by atoms with Gasteiger partial charge in [0.05, 0.1) is 31.0 Å². The van der Waals surface area contributed by atoms with Crippen LogP contribution in [0.2, 0.25) is 0 Å². The molecule has 0 unspecified atom stereocenters. The van der Waals surface area contributed by atoms with Gasteiger partial charge in [-0.1, -0.05) is 6.92 Å². The summed E-state index contributed by atoms with van der Waals surface area (Å²) >= 11 is 0. The van der Waals surface area contributed by atoms with Gasteiger partial charge in [-0.3, -0.25) is 4.79 Å². The van der Waals surface area contributed by atoms with Crippen LogP contribution >= 0.6 is 12.4 Å². The average molecular weight is 327 g/mol. The molecule has 0 aromatic carbocycles. The Bertz CT molecular complexity index is 491. The lowest BCUT2D eigenvalue weighted by Gasteiger charge is -2.27. The largest absolute Gasteiger partial charge is 0.378 e. The topological polar surface area (TPSA) is 66.5 Å². The lowest BCUT2D eigenvalue weighted by atomic mass is 9.97. The van der Waals surface area contributed by atoms with Crippen molar-refractivity contribution in [1.29, 1.82) is 0 Å². The minimum atomic E-state index is 0. The Morgan fingerprint density at radius 2 is 2.14 bits per heavy atom. The summed E-state index contributed by atoms with van der Waals surface area (Å²) in [4.78, 5) is 18.8. The molecule has 1 amide bonds. The van der Waals surface area contributed by atoms with Gasteiger partial charge in [-0.2, -0.15) is 0 Å². The molecule has 0 radical (unpaired) electrons. The van der Waals surface area contributed by atoms with Crippen molar-refractivity contribution in [2.75, 3.05) is 49.6 Å². The Morgan fingerprint density at radius 3 is 2.73 bits per heavy atom. The number of rotatable bonds is 3. The number of anilines is 2. The second-order valence-corrected chi connectivity index (χ2v) is 5.74. The van der Waals surface area contributed by atoms with Crippen LogP contribution in [0.3, 0.4) is 0 Å². The van der Waals surface area contributed by atoms with Gasteiger partial charge in [-0.15, -0.1) is 12.4 Å². The van der Waals surface area contributed by atoms with Crippen molar-refractivity contribution in [3.63, 3.8) is 0 Å². The number of nitrogens with one attached hydrogen (secondary N) is 2. The number of halogens is 1. The summed E-state index contributed by atoms with van der Waals surface area (Å²) in [6.45, 7) is 6.98. The van der Waals surface area contributed by atoms with E-state index in [-0.39, 0.29) is 24.2 Å². The van der Waals surface area contributed by atoms with E-state index in [1.165, 1.54) is 0 Å². The molecule has 0 saturated carbocycles. The summed E-state index contributed by atoms with van der Waals surface area (Å²) in [6, 6.07) is 3.88. The fourth-order valence-corrected chi connectivity index (χ4v) is 2.84. The maximum atomic E-state index is 12.2. The van der Waals surface area contributed by atoms with Crippen LogP contribution in [0.25, 0.3) is 0 Å². The standard InChI is InChI=1S/C15H22N4O2.ClH/c1-11-8-16-10-13(11)15(20)18-12-2-3-14(17-9-12)19-4-6-21-7-5-19;/h2-3,9,11,13,16H,4-8,10H2,1H3,(H,18,20);1H/t11-,13-;/m1./s1. The zero-order valence-electron chi connectivity index (χ0n) is 12.7. The normalized spacial score (nSPS) is 24.7. The molecule has 1 aromatic heterocycles. The van der Waals surface area contributed by atoms with Gasteiger partial charge in [0, 0.05) is 19.6 Å². The number of hydrogen-bond acceptors (Lipinski definition) is 5. The Hall–Kier alpha value is -1.37. The second-order valence-electron chi connectivity index (χ2n) is 5.74. The van der Waals surface area contributed by atoms with E-state index in [9.17, 15) is 4.79 Å². The maximum Gasteiger partial charge on any atom is 0.229 e. The molecule has 7 heteroatoms. The monoisotopic (exact) mass is 326 g/mol. The molecule has 2 N–H and O–H groups in total. The average Bonchev–Trinajstić information content (AvgIpc) is 2.95. The Kier molecular flexibility index (Phi) is 5.99. The van der Waals surface area contributed by atoms with E-state index in [4.69, 9.17) is 4.74 Å². The van der Waals surface area contributed by atoms with Crippen LogP contribution in [-0.2, 0) is 9.53 Å². The van der Waals surface area contributed by atoms with Gasteiger partial charge in [-0.05, 0) is 24.6 Å². The Morgan fingerprint density at radius 1 is 1.36 bits per heavy atom. The van der Waals surface area contributed by atoms with Crippen molar-refractivity contribution in [2.24, 2.45) is 11.8 Å². The summed E-state index contributed by atoms with van der Waals surface area (Å²) in [5.41, 5.74) is 0.760. The fourth-order valence-electron chi connectivity index (χ4n) is 2.84. The van der Waals surface area contributed by atoms with Gasteiger partial charge in [0.1, 0.15) is 5.82 Å². The molecule has 3 rings (SSSR count). The van der Waals surface area contributed by atoms with Gasteiger partial charge >= 0.3 is 0 Å². The summed E-state index contributed by atoms with van der Waals surface area (Å²) in [6.07, 6.45) is 1.73. The summed E-state index contributed by atoms with van der Waals surface area (Å²) in [7, 11) is 0. The van der Waals surface area contributed by atoms with Crippen LogP contribution < -0.4 is 15.5 Å². The number of carbonyl (C=O) groups is 1. The number of amides is 1. The molecule has 3 heterocycles. The van der Waals surface area contributed by atoms with Crippen LogP contribution in [-0.4, -0.2) is 50.3 Å². The van der Waals surface area contributed by atoms with Crippen molar-refractivity contribution in [2.45, 2.75) is 6.92 Å². The Balaban J connectivity index is 0.00000176. The first-order valence-electron chi connectivity index (χ1n) is 7.54. The molecule has 2 aliphatic rings. The molecule has 122 valence electrons. The summed E-state index contributed by atoms with van der Waals surface area (Å²) < 4.78 is 5.33. The first-order valence-corrected chi connectivity index (χ1v) is 7.54. The van der Waals surface area contributed by atoms with E-state index in [0.29, 0.717) is 5.92 Å². The van der Waals surface area contributed by atoms with E-state index >= 15 is 0 Å². The first-order chi connectivity index (χ1) is 10.2. The van der Waals surface area contributed by atoms with Gasteiger partial charge in [-0.25, -0.2) is 4.98 Å². The van der Waals surface area contributed by atoms with Gasteiger partial charge in [0.2, 0.25) is 5.91 Å². The highest BCUT2D eigenvalue weighted by Crippen LogP contribution is 2.19. The van der Waals surface area contributed by atoms with Crippen molar-refractivity contribution in [1.82, 2.24) is 10.3 Å². The van der Waals surface area contributed by atoms with Crippen LogP contribution in [0.15, 0.2) is 18.3 Å². The summed E-state index contributed by atoms with van der Waals surface area (Å²) in [5.74, 6) is 1.44. The SMILES string of the molecule is C[C@@H]1CNC[C@H]1C(=O)Nc1ccc(N2CCOCC2)nc1.Cl. The van der Waals surface area contributed by atoms with Gasteiger partial charge in [0.25, 0.3) is 0 Å². The predicted octanol–water partition coefficient (Wildman–Crippen LogP) is 1.13. The molecule has 2 saturated heterocycles. The molecule has 2 atom stereocenters. The summed E-state index contributed by atoms with van der Waals surface area (Å²) in [5, 5.41) is 6.21. The van der Waals surface area contributed by atoms with Crippen molar-refractivity contribution < 1.29 is 9.53 Å². The third-order valence-electron chi connectivity index (χ3n) is 4.20. The molecule has 2 fully saturated rings. The fraction of sp³-hybridized carbons (Fsp3) is 0.600. The lowest BCUT2D eigenvalue weighted by molar-refractivity contribution is -0.120. The molecule has 22 heavy (non-hydrogen) atoms. The highest BCUT2D eigenvalue weighted by Gasteiger charge is 2.29. The van der Waals surface area contributed by atoms with E-state index in [1.54, 1.807) is 6.20 Å². The molecular weight excluding hydrogens is 304 g/mol. The molecule has 2 aliphatic heterocycles. The van der Waals surface area contributed by atoms with Crippen molar-refractivity contribution >= 4 is 29.8 Å². The molecular formula is C15H23ClN4O2. The van der Waals surface area contributed by atoms with E-state index in [0.717, 1.165) is 50.9 Å². The molecule has 0 aliphatic carbocycles.